The van der Waals surface area contributed by atoms with Crippen LogP contribution in [0.25, 0.3) is 0 Å². The predicted molar refractivity (Wildman–Crippen MR) is 78.9 cm³/mol. The molecule has 0 aliphatic heterocycles. The molecule has 1 nitrogen and oxygen atoms in total. The third kappa shape index (κ3) is 3.29. The summed E-state index contributed by atoms with van der Waals surface area (Å²) in [6.45, 7) is 4.66. The van der Waals surface area contributed by atoms with E-state index in [4.69, 9.17) is 11.6 Å². The number of rotatable bonds is 3. The Kier molecular flexibility index (Phi) is 4.86. The van der Waals surface area contributed by atoms with E-state index in [9.17, 15) is 4.39 Å². The van der Waals surface area contributed by atoms with Gasteiger partial charge in [-0.15, -0.1) is 0 Å². The lowest BCUT2D eigenvalue weighted by molar-refractivity contribution is 0.174. The van der Waals surface area contributed by atoms with Crippen molar-refractivity contribution in [1.82, 2.24) is 5.32 Å². The molecule has 3 heteroatoms. The molecule has 0 saturated heterocycles. The van der Waals surface area contributed by atoms with Gasteiger partial charge in [-0.2, -0.15) is 0 Å². The Balaban J connectivity index is 2.20. The molecule has 0 heterocycles. The van der Waals surface area contributed by atoms with Crippen molar-refractivity contribution in [3.63, 3.8) is 0 Å². The van der Waals surface area contributed by atoms with Gasteiger partial charge < -0.3 is 5.32 Å². The van der Waals surface area contributed by atoms with E-state index in [1.165, 1.54) is 31.4 Å². The first-order chi connectivity index (χ1) is 9.02. The van der Waals surface area contributed by atoms with E-state index in [-0.39, 0.29) is 11.9 Å². The van der Waals surface area contributed by atoms with Gasteiger partial charge in [-0.1, -0.05) is 37.9 Å². The van der Waals surface area contributed by atoms with Crippen LogP contribution in [0.4, 0.5) is 4.39 Å². The summed E-state index contributed by atoms with van der Waals surface area (Å²) in [6.07, 6.45) is 3.69. The van der Waals surface area contributed by atoms with E-state index in [0.29, 0.717) is 10.9 Å². The van der Waals surface area contributed by atoms with Crippen molar-refractivity contribution in [2.24, 2.45) is 17.8 Å². The lowest BCUT2D eigenvalue weighted by atomic mass is 9.72. The number of hydrogen-bond acceptors (Lipinski definition) is 1. The van der Waals surface area contributed by atoms with Crippen molar-refractivity contribution in [3.8, 4) is 0 Å². The van der Waals surface area contributed by atoms with Crippen LogP contribution in [0.2, 0.25) is 5.02 Å². The van der Waals surface area contributed by atoms with Crippen LogP contribution in [0.1, 0.15) is 44.7 Å². The molecular weight excluding hydrogens is 261 g/mol. The average Bonchev–Trinajstić information content (AvgIpc) is 2.37. The van der Waals surface area contributed by atoms with Crippen molar-refractivity contribution in [1.29, 1.82) is 0 Å². The SMILES string of the molecule is CNC(c1ccc(F)cc1Cl)C1CCC(C)C(C)C1. The van der Waals surface area contributed by atoms with E-state index in [1.807, 2.05) is 13.1 Å². The van der Waals surface area contributed by atoms with Crippen molar-refractivity contribution < 1.29 is 4.39 Å². The van der Waals surface area contributed by atoms with Crippen LogP contribution in [0.15, 0.2) is 18.2 Å². The van der Waals surface area contributed by atoms with Gasteiger partial charge >= 0.3 is 0 Å². The summed E-state index contributed by atoms with van der Waals surface area (Å²) < 4.78 is 13.2. The second kappa shape index (κ2) is 6.23. The summed E-state index contributed by atoms with van der Waals surface area (Å²) in [5, 5.41) is 3.91. The van der Waals surface area contributed by atoms with Gasteiger partial charge in [-0.05, 0) is 55.3 Å². The molecule has 2 rings (SSSR count). The molecule has 106 valence electrons. The third-order valence-corrected chi connectivity index (χ3v) is 5.05. The average molecular weight is 284 g/mol. The van der Waals surface area contributed by atoms with Crippen LogP contribution in [-0.4, -0.2) is 7.05 Å². The first kappa shape index (κ1) is 14.8. The first-order valence-corrected chi connectivity index (χ1v) is 7.53. The molecule has 4 atom stereocenters. The Labute approximate surface area is 120 Å². The van der Waals surface area contributed by atoms with Crippen molar-refractivity contribution >= 4 is 11.6 Å². The molecule has 0 aromatic heterocycles. The molecule has 1 aromatic rings. The first-order valence-electron chi connectivity index (χ1n) is 7.15. The van der Waals surface area contributed by atoms with Crippen LogP contribution < -0.4 is 5.32 Å². The summed E-state index contributed by atoms with van der Waals surface area (Å²) in [6, 6.07) is 4.96. The van der Waals surface area contributed by atoms with E-state index >= 15 is 0 Å². The lowest BCUT2D eigenvalue weighted by Crippen LogP contribution is -2.31. The highest BCUT2D eigenvalue weighted by Crippen LogP contribution is 2.41. The van der Waals surface area contributed by atoms with E-state index < -0.39 is 0 Å². The maximum absolute atomic E-state index is 13.2. The Morgan fingerprint density at radius 2 is 2.00 bits per heavy atom. The monoisotopic (exact) mass is 283 g/mol. The Morgan fingerprint density at radius 3 is 2.58 bits per heavy atom. The second-order valence-corrected chi connectivity index (χ2v) is 6.37. The lowest BCUT2D eigenvalue weighted by Gasteiger charge is -2.37. The molecule has 1 aromatic carbocycles. The number of halogens is 2. The summed E-state index contributed by atoms with van der Waals surface area (Å²) >= 11 is 6.21. The Morgan fingerprint density at radius 1 is 1.26 bits per heavy atom. The van der Waals surface area contributed by atoms with Crippen LogP contribution >= 0.6 is 11.6 Å². The smallest absolute Gasteiger partial charge is 0.124 e. The van der Waals surface area contributed by atoms with Gasteiger partial charge in [0.05, 0.1) is 0 Å². The van der Waals surface area contributed by atoms with Crippen LogP contribution in [0.5, 0.6) is 0 Å². The van der Waals surface area contributed by atoms with Crippen molar-refractivity contribution in [3.05, 3.63) is 34.6 Å². The molecule has 0 amide bonds. The highest BCUT2D eigenvalue weighted by Gasteiger charge is 2.31. The van der Waals surface area contributed by atoms with E-state index in [2.05, 4.69) is 19.2 Å². The van der Waals surface area contributed by atoms with Gasteiger partial charge in [0, 0.05) is 11.1 Å². The highest BCUT2D eigenvalue weighted by atomic mass is 35.5. The van der Waals surface area contributed by atoms with Gasteiger partial charge in [0.1, 0.15) is 5.82 Å². The summed E-state index contributed by atoms with van der Waals surface area (Å²) in [4.78, 5) is 0. The fourth-order valence-corrected chi connectivity index (χ4v) is 3.58. The zero-order valence-electron chi connectivity index (χ0n) is 11.9. The minimum absolute atomic E-state index is 0.225. The molecule has 1 saturated carbocycles. The Bertz CT molecular complexity index is 435. The molecule has 0 radical (unpaired) electrons. The zero-order valence-corrected chi connectivity index (χ0v) is 12.7. The van der Waals surface area contributed by atoms with Gasteiger partial charge in [0.25, 0.3) is 0 Å². The number of benzene rings is 1. The van der Waals surface area contributed by atoms with Gasteiger partial charge in [0.2, 0.25) is 0 Å². The normalized spacial score (nSPS) is 29.2. The van der Waals surface area contributed by atoms with Gasteiger partial charge in [-0.25, -0.2) is 4.39 Å². The number of nitrogens with one attached hydrogen (secondary N) is 1. The topological polar surface area (TPSA) is 12.0 Å². The zero-order chi connectivity index (χ0) is 14.0. The highest BCUT2D eigenvalue weighted by molar-refractivity contribution is 6.31. The number of hydrogen-bond donors (Lipinski definition) is 1. The van der Waals surface area contributed by atoms with Crippen molar-refractivity contribution in [2.75, 3.05) is 7.05 Å². The maximum atomic E-state index is 13.2. The minimum atomic E-state index is -0.269. The predicted octanol–water partition coefficient (Wildman–Crippen LogP) is 4.81. The summed E-state index contributed by atoms with van der Waals surface area (Å²) in [7, 11) is 1.97. The van der Waals surface area contributed by atoms with Crippen LogP contribution in [0, 0.1) is 23.6 Å². The summed E-state index contributed by atoms with van der Waals surface area (Å²) in [5.41, 5.74) is 1.03. The molecule has 0 spiro atoms. The van der Waals surface area contributed by atoms with Gasteiger partial charge in [0.15, 0.2) is 0 Å². The third-order valence-electron chi connectivity index (χ3n) is 4.72. The van der Waals surface area contributed by atoms with Crippen LogP contribution in [-0.2, 0) is 0 Å². The van der Waals surface area contributed by atoms with E-state index in [1.54, 1.807) is 0 Å². The van der Waals surface area contributed by atoms with E-state index in [0.717, 1.165) is 17.4 Å². The molecule has 0 bridgehead atoms. The summed E-state index contributed by atoms with van der Waals surface area (Å²) in [5.74, 6) is 1.86. The Hall–Kier alpha value is -0.600. The minimum Gasteiger partial charge on any atom is -0.313 e. The standard InChI is InChI=1S/C16H23ClFN/c1-10-4-5-12(8-11(10)2)16(19-3)14-7-6-13(18)9-15(14)17/h6-7,9-12,16,19H,4-5,8H2,1-3H3. The van der Waals surface area contributed by atoms with Gasteiger partial charge in [-0.3, -0.25) is 0 Å². The fraction of sp³-hybridized carbons (Fsp3) is 0.625. The molecule has 1 fully saturated rings. The molecule has 1 aliphatic rings. The molecule has 1 N–H and O–H groups in total. The largest absolute Gasteiger partial charge is 0.313 e. The maximum Gasteiger partial charge on any atom is 0.124 e. The second-order valence-electron chi connectivity index (χ2n) is 5.96. The molecule has 4 unspecified atom stereocenters. The molecule has 19 heavy (non-hydrogen) atoms. The van der Waals surface area contributed by atoms with Crippen LogP contribution in [0.3, 0.4) is 0 Å². The quantitative estimate of drug-likeness (QED) is 0.839. The van der Waals surface area contributed by atoms with Crippen molar-refractivity contribution in [2.45, 2.75) is 39.2 Å². The molecule has 1 aliphatic carbocycles. The fourth-order valence-electron chi connectivity index (χ4n) is 3.29. The molecular formula is C16H23ClFN.